The Morgan fingerprint density at radius 2 is 1.93 bits per heavy atom. The minimum Gasteiger partial charge on any atom is -0.394 e. The molecule has 146 valence electrons. The lowest BCUT2D eigenvalue weighted by molar-refractivity contribution is 0.248. The van der Waals surface area contributed by atoms with E-state index in [4.69, 9.17) is 11.6 Å². The number of benzene rings is 1. The van der Waals surface area contributed by atoms with E-state index in [0.29, 0.717) is 28.8 Å². The smallest absolute Gasteiger partial charge is 0.225 e. The monoisotopic (exact) mass is 401 g/mol. The lowest BCUT2D eigenvalue weighted by atomic mass is 10.1. The van der Waals surface area contributed by atoms with Gasteiger partial charge in [0.05, 0.1) is 29.1 Å². The van der Waals surface area contributed by atoms with E-state index in [1.807, 2.05) is 32.0 Å². The molecule has 2 heterocycles. The van der Waals surface area contributed by atoms with Crippen LogP contribution in [0.4, 0.5) is 21.8 Å². The van der Waals surface area contributed by atoms with E-state index in [9.17, 15) is 9.50 Å². The first-order valence-corrected chi connectivity index (χ1v) is 9.24. The molecular formula is C20H21ClFN5O. The van der Waals surface area contributed by atoms with E-state index >= 15 is 0 Å². The number of aliphatic hydroxyl groups excluding tert-OH is 1. The third-order valence-corrected chi connectivity index (χ3v) is 4.45. The van der Waals surface area contributed by atoms with Crippen LogP contribution in [0.3, 0.4) is 0 Å². The van der Waals surface area contributed by atoms with Crippen molar-refractivity contribution in [2.75, 3.05) is 17.2 Å². The third-order valence-electron chi connectivity index (χ3n) is 4.16. The summed E-state index contributed by atoms with van der Waals surface area (Å²) in [6, 6.07) is 11.4. The molecule has 0 saturated carbocycles. The van der Waals surface area contributed by atoms with Gasteiger partial charge in [-0.05, 0) is 36.2 Å². The molecule has 0 saturated heterocycles. The van der Waals surface area contributed by atoms with Gasteiger partial charge in [0.25, 0.3) is 0 Å². The fourth-order valence-electron chi connectivity index (χ4n) is 2.53. The zero-order chi connectivity index (χ0) is 20.1. The largest absolute Gasteiger partial charge is 0.394 e. The summed E-state index contributed by atoms with van der Waals surface area (Å²) in [6.45, 7) is 3.94. The molecule has 3 aromatic rings. The number of hydrogen-bond acceptors (Lipinski definition) is 6. The van der Waals surface area contributed by atoms with Crippen LogP contribution in [-0.4, -0.2) is 32.7 Å². The number of aromatic nitrogens is 3. The van der Waals surface area contributed by atoms with Gasteiger partial charge in [-0.15, -0.1) is 0 Å². The summed E-state index contributed by atoms with van der Waals surface area (Å²) >= 11 is 5.86. The number of aliphatic hydroxyl groups is 1. The van der Waals surface area contributed by atoms with Gasteiger partial charge in [-0.25, -0.2) is 9.37 Å². The molecule has 0 aliphatic carbocycles. The van der Waals surface area contributed by atoms with Crippen molar-refractivity contribution in [3.05, 3.63) is 59.5 Å². The fourth-order valence-corrected chi connectivity index (χ4v) is 2.71. The van der Waals surface area contributed by atoms with Crippen molar-refractivity contribution >= 4 is 29.1 Å². The van der Waals surface area contributed by atoms with Gasteiger partial charge in [0, 0.05) is 18.0 Å². The summed E-state index contributed by atoms with van der Waals surface area (Å²) in [5.74, 6) is 0.529. The quantitative estimate of drug-likeness (QED) is 0.540. The third kappa shape index (κ3) is 4.94. The van der Waals surface area contributed by atoms with E-state index in [2.05, 4.69) is 25.6 Å². The average molecular weight is 402 g/mol. The van der Waals surface area contributed by atoms with Crippen molar-refractivity contribution in [3.8, 4) is 11.4 Å². The number of anilines is 3. The van der Waals surface area contributed by atoms with Gasteiger partial charge < -0.3 is 15.7 Å². The highest BCUT2D eigenvalue weighted by molar-refractivity contribution is 6.31. The fraction of sp³-hybridized carbons (Fsp3) is 0.250. The highest BCUT2D eigenvalue weighted by atomic mass is 35.5. The maximum Gasteiger partial charge on any atom is 0.225 e. The topological polar surface area (TPSA) is 83.0 Å². The molecule has 28 heavy (non-hydrogen) atoms. The summed E-state index contributed by atoms with van der Waals surface area (Å²) in [4.78, 5) is 13.3. The number of hydrogen-bond donors (Lipinski definition) is 3. The normalized spacial score (nSPS) is 12.1. The molecule has 3 N–H and O–H groups in total. The summed E-state index contributed by atoms with van der Waals surface area (Å²) in [6.07, 6.45) is 1.68. The molecule has 0 radical (unpaired) electrons. The number of rotatable bonds is 7. The number of nitrogens with one attached hydrogen (secondary N) is 2. The predicted molar refractivity (Wildman–Crippen MR) is 109 cm³/mol. The van der Waals surface area contributed by atoms with Crippen molar-refractivity contribution in [2.45, 2.75) is 19.9 Å². The van der Waals surface area contributed by atoms with Crippen LogP contribution in [0.2, 0.25) is 5.02 Å². The Morgan fingerprint density at radius 3 is 2.57 bits per heavy atom. The summed E-state index contributed by atoms with van der Waals surface area (Å²) in [5.41, 5.74) is 1.87. The Bertz CT molecular complexity index is 939. The molecule has 0 aliphatic rings. The molecule has 3 rings (SSSR count). The SMILES string of the molecule is CC(C)[C@@H](CO)Nc1nc(Nc2ccc(F)c(Cl)c2)cc(-c2ccccn2)n1. The van der Waals surface area contributed by atoms with Crippen molar-refractivity contribution in [3.63, 3.8) is 0 Å². The van der Waals surface area contributed by atoms with E-state index < -0.39 is 5.82 Å². The molecule has 1 aromatic carbocycles. The van der Waals surface area contributed by atoms with Gasteiger partial charge in [-0.1, -0.05) is 31.5 Å². The van der Waals surface area contributed by atoms with Crippen LogP contribution < -0.4 is 10.6 Å². The van der Waals surface area contributed by atoms with E-state index in [0.717, 1.165) is 0 Å². The number of nitrogens with zero attached hydrogens (tertiary/aromatic N) is 3. The molecule has 0 aliphatic heterocycles. The molecule has 2 aromatic heterocycles. The first kappa shape index (κ1) is 20.0. The van der Waals surface area contributed by atoms with Crippen LogP contribution in [0.25, 0.3) is 11.4 Å². The molecule has 1 atom stereocenters. The Hall–Kier alpha value is -2.77. The highest BCUT2D eigenvalue weighted by Crippen LogP contribution is 2.25. The lowest BCUT2D eigenvalue weighted by Crippen LogP contribution is -2.30. The van der Waals surface area contributed by atoms with Crippen molar-refractivity contribution in [2.24, 2.45) is 5.92 Å². The standard InChI is InChI=1S/C20H21ClFN5O/c1-12(2)18(11-28)26-20-25-17(16-5-3-4-8-23-16)10-19(27-20)24-13-6-7-15(22)14(21)9-13/h3-10,12,18,28H,11H2,1-2H3,(H2,24,25,26,27)/t18-/m1/s1. The van der Waals surface area contributed by atoms with E-state index in [1.165, 1.54) is 12.1 Å². The molecule has 0 fully saturated rings. The number of pyridine rings is 1. The van der Waals surface area contributed by atoms with Crippen molar-refractivity contribution < 1.29 is 9.50 Å². The lowest BCUT2D eigenvalue weighted by Gasteiger charge is -2.20. The van der Waals surface area contributed by atoms with Gasteiger partial charge in [0.1, 0.15) is 11.6 Å². The van der Waals surface area contributed by atoms with Crippen LogP contribution in [0, 0.1) is 11.7 Å². The predicted octanol–water partition coefficient (Wildman–Crippen LogP) is 4.50. The molecular weight excluding hydrogens is 381 g/mol. The van der Waals surface area contributed by atoms with Crippen molar-refractivity contribution in [1.29, 1.82) is 0 Å². The molecule has 0 unspecified atom stereocenters. The molecule has 0 spiro atoms. The minimum absolute atomic E-state index is 0.0162. The molecule has 8 heteroatoms. The second-order valence-corrected chi connectivity index (χ2v) is 7.02. The van der Waals surface area contributed by atoms with Gasteiger partial charge in [-0.2, -0.15) is 4.98 Å². The van der Waals surface area contributed by atoms with Gasteiger partial charge >= 0.3 is 0 Å². The van der Waals surface area contributed by atoms with Crippen LogP contribution in [0.1, 0.15) is 13.8 Å². The Morgan fingerprint density at radius 1 is 1.11 bits per heavy atom. The molecule has 6 nitrogen and oxygen atoms in total. The van der Waals surface area contributed by atoms with E-state index in [1.54, 1.807) is 18.3 Å². The van der Waals surface area contributed by atoms with E-state index in [-0.39, 0.29) is 23.6 Å². The highest BCUT2D eigenvalue weighted by Gasteiger charge is 2.15. The first-order chi connectivity index (χ1) is 13.5. The Labute approximate surface area is 167 Å². The van der Waals surface area contributed by atoms with Crippen LogP contribution in [0.15, 0.2) is 48.7 Å². The maximum atomic E-state index is 13.4. The van der Waals surface area contributed by atoms with Crippen LogP contribution >= 0.6 is 11.6 Å². The molecule has 0 bridgehead atoms. The van der Waals surface area contributed by atoms with Crippen LogP contribution in [0.5, 0.6) is 0 Å². The second-order valence-electron chi connectivity index (χ2n) is 6.61. The summed E-state index contributed by atoms with van der Waals surface area (Å²) in [7, 11) is 0. The number of halogens is 2. The summed E-state index contributed by atoms with van der Waals surface area (Å²) < 4.78 is 13.4. The zero-order valence-electron chi connectivity index (χ0n) is 15.5. The van der Waals surface area contributed by atoms with Crippen molar-refractivity contribution in [1.82, 2.24) is 15.0 Å². The first-order valence-electron chi connectivity index (χ1n) is 8.86. The van der Waals surface area contributed by atoms with Gasteiger partial charge in [-0.3, -0.25) is 4.98 Å². The average Bonchev–Trinajstić information content (AvgIpc) is 2.69. The minimum atomic E-state index is -0.492. The van der Waals surface area contributed by atoms with Gasteiger partial charge in [0.2, 0.25) is 5.95 Å². The summed E-state index contributed by atoms with van der Waals surface area (Å²) in [5, 5.41) is 15.9. The van der Waals surface area contributed by atoms with Gasteiger partial charge in [0.15, 0.2) is 0 Å². The Balaban J connectivity index is 1.97. The Kier molecular flexibility index (Phi) is 6.38. The second kappa shape index (κ2) is 8.95. The molecule has 0 amide bonds. The van der Waals surface area contributed by atoms with Crippen LogP contribution in [-0.2, 0) is 0 Å². The maximum absolute atomic E-state index is 13.4. The zero-order valence-corrected chi connectivity index (χ0v) is 16.3.